The molecule has 1 heterocycles. The first-order valence-electron chi connectivity index (χ1n) is 5.28. The third-order valence-corrected chi connectivity index (χ3v) is 2.52. The Balaban J connectivity index is 2.08. The maximum absolute atomic E-state index is 5.82. The van der Waals surface area contributed by atoms with E-state index in [2.05, 4.69) is 36.4 Å². The lowest BCUT2D eigenvalue weighted by atomic mass is 10.1. The fourth-order valence-corrected chi connectivity index (χ4v) is 1.73. The highest BCUT2D eigenvalue weighted by atomic mass is 16.5. The summed E-state index contributed by atoms with van der Waals surface area (Å²) < 4.78 is 5.82. The molecule has 1 aromatic rings. The third-order valence-electron chi connectivity index (χ3n) is 2.52. The molecular formula is C13H16O. The van der Waals surface area contributed by atoms with E-state index in [1.807, 2.05) is 6.07 Å². The molecule has 74 valence electrons. The first kappa shape index (κ1) is 9.47. The lowest BCUT2D eigenvalue weighted by Crippen LogP contribution is -2.06. The molecule has 0 spiro atoms. The summed E-state index contributed by atoms with van der Waals surface area (Å²) in [6.45, 7) is 0.879. The topological polar surface area (TPSA) is 9.23 Å². The number of allylic oxidation sites excluding steroid dienone is 1. The molecule has 0 bridgehead atoms. The van der Waals surface area contributed by atoms with Gasteiger partial charge in [0, 0.05) is 6.61 Å². The fourth-order valence-electron chi connectivity index (χ4n) is 1.73. The minimum Gasteiger partial charge on any atom is -0.373 e. The lowest BCUT2D eigenvalue weighted by molar-refractivity contribution is 0.0514. The summed E-state index contributed by atoms with van der Waals surface area (Å²) in [5, 5.41) is 0. The SMILES string of the molecule is C1=C\CC(c2ccccc2)OCCC/1. The van der Waals surface area contributed by atoms with Gasteiger partial charge in [0.2, 0.25) is 0 Å². The summed E-state index contributed by atoms with van der Waals surface area (Å²) in [6, 6.07) is 10.5. The van der Waals surface area contributed by atoms with E-state index >= 15 is 0 Å². The second-order valence-corrected chi connectivity index (χ2v) is 3.62. The summed E-state index contributed by atoms with van der Waals surface area (Å²) in [4.78, 5) is 0. The summed E-state index contributed by atoms with van der Waals surface area (Å²) in [7, 11) is 0. The smallest absolute Gasteiger partial charge is 0.0859 e. The van der Waals surface area contributed by atoms with Crippen LogP contribution in [0, 0.1) is 0 Å². The molecule has 1 unspecified atom stereocenters. The van der Waals surface area contributed by atoms with Crippen LogP contribution in [0.4, 0.5) is 0 Å². The molecular weight excluding hydrogens is 172 g/mol. The molecule has 0 saturated heterocycles. The molecule has 1 atom stereocenters. The van der Waals surface area contributed by atoms with Gasteiger partial charge in [-0.25, -0.2) is 0 Å². The first-order valence-corrected chi connectivity index (χ1v) is 5.28. The van der Waals surface area contributed by atoms with Gasteiger partial charge in [0.15, 0.2) is 0 Å². The quantitative estimate of drug-likeness (QED) is 0.613. The van der Waals surface area contributed by atoms with Gasteiger partial charge >= 0.3 is 0 Å². The van der Waals surface area contributed by atoms with Gasteiger partial charge in [0.25, 0.3) is 0 Å². The Morgan fingerprint density at radius 1 is 1.07 bits per heavy atom. The van der Waals surface area contributed by atoms with Crippen LogP contribution in [0.25, 0.3) is 0 Å². The second kappa shape index (κ2) is 4.97. The minimum absolute atomic E-state index is 0.257. The summed E-state index contributed by atoms with van der Waals surface area (Å²) >= 11 is 0. The average molecular weight is 188 g/mol. The van der Waals surface area contributed by atoms with E-state index in [0.717, 1.165) is 25.9 Å². The molecule has 14 heavy (non-hydrogen) atoms. The van der Waals surface area contributed by atoms with Crippen molar-refractivity contribution in [3.8, 4) is 0 Å². The van der Waals surface area contributed by atoms with E-state index in [9.17, 15) is 0 Å². The van der Waals surface area contributed by atoms with Gasteiger partial charge in [0.1, 0.15) is 0 Å². The van der Waals surface area contributed by atoms with Crippen LogP contribution < -0.4 is 0 Å². The van der Waals surface area contributed by atoms with Gasteiger partial charge in [-0.15, -0.1) is 0 Å². The maximum atomic E-state index is 5.82. The first-order chi connectivity index (χ1) is 6.97. The number of rotatable bonds is 1. The highest BCUT2D eigenvalue weighted by molar-refractivity contribution is 5.18. The molecule has 0 aliphatic carbocycles. The van der Waals surface area contributed by atoms with Crippen LogP contribution >= 0.6 is 0 Å². The van der Waals surface area contributed by atoms with Gasteiger partial charge < -0.3 is 4.74 Å². The monoisotopic (exact) mass is 188 g/mol. The van der Waals surface area contributed by atoms with Crippen molar-refractivity contribution in [2.75, 3.05) is 6.61 Å². The summed E-state index contributed by atoms with van der Waals surface area (Å²) in [5.41, 5.74) is 1.29. The van der Waals surface area contributed by atoms with Crippen LogP contribution in [0.3, 0.4) is 0 Å². The normalized spacial score (nSPS) is 25.0. The molecule has 1 aliphatic rings. The number of ether oxygens (including phenoxy) is 1. The standard InChI is InChI=1S/C13H16O/c1-2-7-11-14-13(10-6-1)12-8-4-3-5-9-12/h1,3-6,8-9,13H,2,7,10-11H2/b6-1-. The van der Waals surface area contributed by atoms with Crippen molar-refractivity contribution in [1.29, 1.82) is 0 Å². The van der Waals surface area contributed by atoms with Crippen LogP contribution in [-0.4, -0.2) is 6.61 Å². The Labute approximate surface area is 85.4 Å². The van der Waals surface area contributed by atoms with E-state index in [1.165, 1.54) is 5.56 Å². The third kappa shape index (κ3) is 2.46. The van der Waals surface area contributed by atoms with Crippen LogP contribution in [-0.2, 0) is 4.74 Å². The van der Waals surface area contributed by atoms with Crippen molar-refractivity contribution in [2.45, 2.75) is 25.4 Å². The molecule has 2 rings (SSSR count). The Hall–Kier alpha value is -1.08. The van der Waals surface area contributed by atoms with E-state index in [4.69, 9.17) is 4.74 Å². The molecule has 0 radical (unpaired) electrons. The maximum Gasteiger partial charge on any atom is 0.0859 e. The number of hydrogen-bond acceptors (Lipinski definition) is 1. The van der Waals surface area contributed by atoms with Crippen molar-refractivity contribution < 1.29 is 4.74 Å². The Morgan fingerprint density at radius 3 is 2.79 bits per heavy atom. The van der Waals surface area contributed by atoms with Crippen molar-refractivity contribution in [2.24, 2.45) is 0 Å². The van der Waals surface area contributed by atoms with Crippen molar-refractivity contribution in [1.82, 2.24) is 0 Å². The Bertz CT molecular complexity index is 289. The highest BCUT2D eigenvalue weighted by Gasteiger charge is 2.10. The Morgan fingerprint density at radius 2 is 1.93 bits per heavy atom. The zero-order valence-electron chi connectivity index (χ0n) is 8.36. The van der Waals surface area contributed by atoms with E-state index in [0.29, 0.717) is 0 Å². The molecule has 1 nitrogen and oxygen atoms in total. The molecule has 0 aromatic heterocycles. The van der Waals surface area contributed by atoms with Gasteiger partial charge in [-0.1, -0.05) is 42.5 Å². The van der Waals surface area contributed by atoms with E-state index in [-0.39, 0.29) is 6.10 Å². The highest BCUT2D eigenvalue weighted by Crippen LogP contribution is 2.23. The van der Waals surface area contributed by atoms with Gasteiger partial charge in [-0.05, 0) is 24.8 Å². The predicted octanol–water partition coefficient (Wildman–Crippen LogP) is 3.48. The number of hydrogen-bond donors (Lipinski definition) is 0. The van der Waals surface area contributed by atoms with Crippen LogP contribution in [0.5, 0.6) is 0 Å². The molecule has 0 N–H and O–H groups in total. The molecule has 1 heteroatoms. The van der Waals surface area contributed by atoms with Crippen LogP contribution in [0.1, 0.15) is 30.9 Å². The van der Waals surface area contributed by atoms with Gasteiger partial charge in [-0.3, -0.25) is 0 Å². The summed E-state index contributed by atoms with van der Waals surface area (Å²) in [5.74, 6) is 0. The molecule has 0 saturated carbocycles. The van der Waals surface area contributed by atoms with Crippen LogP contribution in [0.15, 0.2) is 42.5 Å². The minimum atomic E-state index is 0.257. The van der Waals surface area contributed by atoms with E-state index in [1.54, 1.807) is 0 Å². The zero-order valence-corrected chi connectivity index (χ0v) is 8.36. The zero-order chi connectivity index (χ0) is 9.64. The van der Waals surface area contributed by atoms with E-state index < -0.39 is 0 Å². The number of benzene rings is 1. The van der Waals surface area contributed by atoms with Gasteiger partial charge in [0.05, 0.1) is 6.10 Å². The van der Waals surface area contributed by atoms with Crippen LogP contribution in [0.2, 0.25) is 0 Å². The van der Waals surface area contributed by atoms with Crippen molar-refractivity contribution >= 4 is 0 Å². The fraction of sp³-hybridized carbons (Fsp3) is 0.385. The Kier molecular flexibility index (Phi) is 3.36. The molecule has 1 aliphatic heterocycles. The summed E-state index contributed by atoms with van der Waals surface area (Å²) in [6.07, 6.45) is 8.05. The molecule has 0 fully saturated rings. The molecule has 1 aromatic carbocycles. The van der Waals surface area contributed by atoms with Gasteiger partial charge in [-0.2, -0.15) is 0 Å². The van der Waals surface area contributed by atoms with Crippen molar-refractivity contribution in [3.63, 3.8) is 0 Å². The van der Waals surface area contributed by atoms with Crippen molar-refractivity contribution in [3.05, 3.63) is 48.0 Å². The lowest BCUT2D eigenvalue weighted by Gasteiger charge is -2.18. The second-order valence-electron chi connectivity index (χ2n) is 3.62. The molecule has 0 amide bonds. The average Bonchev–Trinajstić information content (AvgIpc) is 2.18. The predicted molar refractivity (Wildman–Crippen MR) is 58.1 cm³/mol. The largest absolute Gasteiger partial charge is 0.373 e.